The van der Waals surface area contributed by atoms with Crippen LogP contribution in [0.1, 0.15) is 49.4 Å². The van der Waals surface area contributed by atoms with Crippen LogP contribution in [0.2, 0.25) is 5.02 Å². The van der Waals surface area contributed by atoms with Crippen molar-refractivity contribution in [2.24, 2.45) is 5.92 Å². The van der Waals surface area contributed by atoms with E-state index in [1.165, 1.54) is 9.87 Å². The average Bonchev–Trinajstić information content (AvgIpc) is 2.73. The molecule has 162 valence electrons. The third kappa shape index (κ3) is 5.84. The first-order chi connectivity index (χ1) is 14.3. The Kier molecular flexibility index (Phi) is 7.55. The molecule has 2 aromatic carbocycles. The zero-order valence-electron chi connectivity index (χ0n) is 17.5. The lowest BCUT2D eigenvalue weighted by molar-refractivity contribution is -0.126. The maximum absolute atomic E-state index is 12.7. The second-order valence-electron chi connectivity index (χ2n) is 7.88. The third-order valence-corrected chi connectivity index (χ3v) is 7.79. The predicted octanol–water partition coefficient (Wildman–Crippen LogP) is 4.32. The Hall–Kier alpha value is -1.89. The number of nitrogens with one attached hydrogen (secondary N) is 1. The molecule has 1 amide bonds. The summed E-state index contributed by atoms with van der Waals surface area (Å²) in [7, 11) is -3.43. The number of benzene rings is 2. The first kappa shape index (κ1) is 22.8. The number of carbonyl (C=O) groups is 1. The molecule has 0 spiro atoms. The fourth-order valence-corrected chi connectivity index (χ4v) is 5.54. The van der Waals surface area contributed by atoms with Crippen molar-refractivity contribution in [1.29, 1.82) is 0 Å². The van der Waals surface area contributed by atoms with Crippen molar-refractivity contribution in [1.82, 2.24) is 9.62 Å². The Morgan fingerprint density at radius 1 is 1.13 bits per heavy atom. The predicted molar refractivity (Wildman–Crippen MR) is 121 cm³/mol. The quantitative estimate of drug-likeness (QED) is 0.685. The number of piperidine rings is 1. The van der Waals surface area contributed by atoms with Crippen LogP contribution >= 0.6 is 11.6 Å². The zero-order chi connectivity index (χ0) is 21.7. The lowest BCUT2D eigenvalue weighted by Gasteiger charge is -2.31. The average molecular weight is 449 g/mol. The van der Waals surface area contributed by atoms with Gasteiger partial charge in [0, 0.05) is 24.0 Å². The first-order valence-corrected chi connectivity index (χ1v) is 12.4. The molecule has 2 aromatic rings. The van der Waals surface area contributed by atoms with Gasteiger partial charge in [0.1, 0.15) is 0 Å². The van der Waals surface area contributed by atoms with Crippen LogP contribution in [0.5, 0.6) is 0 Å². The molecule has 1 saturated heterocycles. The van der Waals surface area contributed by atoms with Gasteiger partial charge in [0.2, 0.25) is 15.9 Å². The molecule has 7 heteroatoms. The molecule has 1 aliphatic heterocycles. The largest absolute Gasteiger partial charge is 0.349 e. The summed E-state index contributed by atoms with van der Waals surface area (Å²) in [6, 6.07) is 15.1. The van der Waals surface area contributed by atoms with Crippen LogP contribution in [-0.4, -0.2) is 31.7 Å². The molecular formula is C23H29ClN2O3S. The lowest BCUT2D eigenvalue weighted by atomic mass is 9.96. The maximum Gasteiger partial charge on any atom is 0.223 e. The summed E-state index contributed by atoms with van der Waals surface area (Å²) in [6.07, 6.45) is 2.05. The van der Waals surface area contributed by atoms with Crippen molar-refractivity contribution >= 4 is 27.5 Å². The van der Waals surface area contributed by atoms with Gasteiger partial charge in [-0.3, -0.25) is 4.79 Å². The molecule has 1 fully saturated rings. The van der Waals surface area contributed by atoms with Crippen LogP contribution in [0, 0.1) is 5.92 Å². The molecule has 0 aliphatic carbocycles. The van der Waals surface area contributed by atoms with E-state index in [0.717, 1.165) is 12.0 Å². The highest BCUT2D eigenvalue weighted by atomic mass is 35.5. The van der Waals surface area contributed by atoms with Crippen LogP contribution in [0.25, 0.3) is 0 Å². The van der Waals surface area contributed by atoms with Gasteiger partial charge in [-0.25, -0.2) is 12.7 Å². The van der Waals surface area contributed by atoms with Gasteiger partial charge in [-0.1, -0.05) is 54.9 Å². The highest BCUT2D eigenvalue weighted by molar-refractivity contribution is 7.88. The Labute approximate surface area is 184 Å². The summed E-state index contributed by atoms with van der Waals surface area (Å²) < 4.78 is 27.0. The van der Waals surface area contributed by atoms with E-state index in [1.54, 1.807) is 24.3 Å². The second kappa shape index (κ2) is 9.94. The summed E-state index contributed by atoms with van der Waals surface area (Å²) >= 11 is 5.96. The minimum absolute atomic E-state index is 0.00560. The standard InChI is InChI=1S/C23H29ClN2O3S/c1-3-18-7-9-20(10-8-18)17(2)25-23(27)21-11-13-26(14-12-21)30(28,29)16-19-5-4-6-22(24)15-19/h4-10,15,17,21H,3,11-14,16H2,1-2H3,(H,25,27). The first-order valence-electron chi connectivity index (χ1n) is 10.4. The number of amides is 1. The van der Waals surface area contributed by atoms with E-state index in [0.29, 0.717) is 36.5 Å². The highest BCUT2D eigenvalue weighted by Gasteiger charge is 2.31. The third-order valence-electron chi connectivity index (χ3n) is 5.70. The van der Waals surface area contributed by atoms with E-state index in [-0.39, 0.29) is 23.6 Å². The Balaban J connectivity index is 1.53. The summed E-state index contributed by atoms with van der Waals surface area (Å²) in [5.41, 5.74) is 3.01. The normalized spacial score (nSPS) is 16.9. The highest BCUT2D eigenvalue weighted by Crippen LogP contribution is 2.24. The van der Waals surface area contributed by atoms with E-state index in [1.807, 2.05) is 6.92 Å². The van der Waals surface area contributed by atoms with E-state index >= 15 is 0 Å². The smallest absolute Gasteiger partial charge is 0.223 e. The number of nitrogens with zero attached hydrogens (tertiary/aromatic N) is 1. The summed E-state index contributed by atoms with van der Waals surface area (Å²) in [6.45, 7) is 4.81. The van der Waals surface area contributed by atoms with Crippen LogP contribution in [-0.2, 0) is 27.0 Å². The van der Waals surface area contributed by atoms with Crippen LogP contribution < -0.4 is 5.32 Å². The minimum Gasteiger partial charge on any atom is -0.349 e. The Bertz CT molecular complexity index is 968. The fraction of sp³-hybridized carbons (Fsp3) is 0.435. The number of hydrogen-bond donors (Lipinski definition) is 1. The molecule has 1 aliphatic rings. The number of aryl methyl sites for hydroxylation is 1. The molecule has 1 heterocycles. The Morgan fingerprint density at radius 2 is 1.80 bits per heavy atom. The number of rotatable bonds is 7. The zero-order valence-corrected chi connectivity index (χ0v) is 19.0. The van der Waals surface area contributed by atoms with Crippen LogP contribution in [0.15, 0.2) is 48.5 Å². The number of carbonyl (C=O) groups excluding carboxylic acids is 1. The number of sulfonamides is 1. The van der Waals surface area contributed by atoms with E-state index in [4.69, 9.17) is 11.6 Å². The van der Waals surface area contributed by atoms with Gasteiger partial charge in [0.25, 0.3) is 0 Å². The fourth-order valence-electron chi connectivity index (χ4n) is 3.78. The maximum atomic E-state index is 12.7. The summed E-state index contributed by atoms with van der Waals surface area (Å²) in [4.78, 5) is 12.7. The van der Waals surface area contributed by atoms with Gasteiger partial charge in [-0.2, -0.15) is 0 Å². The molecule has 0 bridgehead atoms. The summed E-state index contributed by atoms with van der Waals surface area (Å²) in [5.74, 6) is -0.246. The van der Waals surface area contributed by atoms with Gasteiger partial charge < -0.3 is 5.32 Å². The van der Waals surface area contributed by atoms with Crippen molar-refractivity contribution in [3.05, 3.63) is 70.2 Å². The molecule has 5 nitrogen and oxygen atoms in total. The molecule has 1 N–H and O–H groups in total. The van der Waals surface area contributed by atoms with Gasteiger partial charge in [-0.15, -0.1) is 0 Å². The van der Waals surface area contributed by atoms with Gasteiger partial charge in [-0.05, 0) is 55.0 Å². The lowest BCUT2D eigenvalue weighted by Crippen LogP contribution is -2.43. The molecule has 0 radical (unpaired) electrons. The molecule has 30 heavy (non-hydrogen) atoms. The van der Waals surface area contributed by atoms with E-state index < -0.39 is 10.0 Å². The van der Waals surface area contributed by atoms with E-state index in [9.17, 15) is 13.2 Å². The van der Waals surface area contributed by atoms with Crippen molar-refractivity contribution in [3.63, 3.8) is 0 Å². The van der Waals surface area contributed by atoms with Gasteiger partial charge >= 0.3 is 0 Å². The molecule has 0 aromatic heterocycles. The van der Waals surface area contributed by atoms with Crippen molar-refractivity contribution < 1.29 is 13.2 Å². The van der Waals surface area contributed by atoms with Crippen LogP contribution in [0.4, 0.5) is 0 Å². The van der Waals surface area contributed by atoms with Gasteiger partial charge in [0.05, 0.1) is 11.8 Å². The van der Waals surface area contributed by atoms with Gasteiger partial charge in [0.15, 0.2) is 0 Å². The minimum atomic E-state index is -3.43. The van der Waals surface area contributed by atoms with E-state index in [2.05, 4.69) is 36.5 Å². The monoisotopic (exact) mass is 448 g/mol. The van der Waals surface area contributed by atoms with Crippen molar-refractivity contribution in [2.45, 2.75) is 44.9 Å². The Morgan fingerprint density at radius 3 is 2.40 bits per heavy atom. The molecule has 1 unspecified atom stereocenters. The molecule has 0 saturated carbocycles. The molecule has 1 atom stereocenters. The molecular weight excluding hydrogens is 420 g/mol. The second-order valence-corrected chi connectivity index (χ2v) is 10.3. The SMILES string of the molecule is CCc1ccc(C(C)NC(=O)C2CCN(S(=O)(=O)Cc3cccc(Cl)c3)CC2)cc1. The number of halogens is 1. The topological polar surface area (TPSA) is 66.5 Å². The van der Waals surface area contributed by atoms with Crippen molar-refractivity contribution in [2.75, 3.05) is 13.1 Å². The molecule has 3 rings (SSSR count). The number of hydrogen-bond acceptors (Lipinski definition) is 3. The summed E-state index contributed by atoms with van der Waals surface area (Å²) in [5, 5.41) is 3.61. The van der Waals surface area contributed by atoms with Crippen molar-refractivity contribution in [3.8, 4) is 0 Å². The van der Waals surface area contributed by atoms with Crippen LogP contribution in [0.3, 0.4) is 0 Å².